The molecule has 0 heterocycles. The Bertz CT molecular complexity index is 353. The maximum Gasteiger partial charge on any atom is 0.303 e. The van der Waals surface area contributed by atoms with E-state index in [0.29, 0.717) is 19.0 Å². The SMILES string of the molecule is NCC1CCCC1C(=O)NCC1(CC(=O)O)CCC1. The average Bonchev–Trinajstić information content (AvgIpc) is 2.79. The number of rotatable bonds is 6. The summed E-state index contributed by atoms with van der Waals surface area (Å²) >= 11 is 0. The standard InChI is InChI=1S/C14H24N2O3/c15-8-10-3-1-4-11(10)13(19)16-9-14(5-2-6-14)7-12(17)18/h10-11H,1-9,15H2,(H,16,19)(H,17,18). The fraction of sp³-hybridized carbons (Fsp3) is 0.857. The number of carboxylic acid groups (broad SMARTS) is 1. The first kappa shape index (κ1) is 14.3. The molecule has 0 spiro atoms. The maximum absolute atomic E-state index is 12.2. The van der Waals surface area contributed by atoms with Gasteiger partial charge >= 0.3 is 5.97 Å². The van der Waals surface area contributed by atoms with Gasteiger partial charge in [-0.3, -0.25) is 9.59 Å². The molecule has 4 N–H and O–H groups in total. The normalized spacial score (nSPS) is 28.7. The second-order valence-corrected chi connectivity index (χ2v) is 6.18. The van der Waals surface area contributed by atoms with Gasteiger partial charge in [-0.2, -0.15) is 0 Å². The summed E-state index contributed by atoms with van der Waals surface area (Å²) in [6.45, 7) is 1.07. The zero-order chi connectivity index (χ0) is 13.9. The summed E-state index contributed by atoms with van der Waals surface area (Å²) in [5.74, 6) is -0.358. The molecule has 5 nitrogen and oxygen atoms in total. The number of amides is 1. The number of nitrogens with one attached hydrogen (secondary N) is 1. The van der Waals surface area contributed by atoms with Gasteiger partial charge < -0.3 is 16.2 Å². The lowest BCUT2D eigenvalue weighted by atomic mass is 9.66. The average molecular weight is 268 g/mol. The van der Waals surface area contributed by atoms with E-state index in [9.17, 15) is 9.59 Å². The third-order valence-corrected chi connectivity index (χ3v) is 4.88. The molecular weight excluding hydrogens is 244 g/mol. The molecule has 108 valence electrons. The second-order valence-electron chi connectivity index (χ2n) is 6.18. The molecule has 2 unspecified atom stereocenters. The van der Waals surface area contributed by atoms with Gasteiger partial charge in [0.1, 0.15) is 0 Å². The largest absolute Gasteiger partial charge is 0.481 e. The maximum atomic E-state index is 12.2. The molecule has 5 heteroatoms. The van der Waals surface area contributed by atoms with E-state index in [1.807, 2.05) is 0 Å². The van der Waals surface area contributed by atoms with Crippen LogP contribution in [0.2, 0.25) is 0 Å². The van der Waals surface area contributed by atoms with Crippen molar-refractivity contribution in [1.29, 1.82) is 0 Å². The van der Waals surface area contributed by atoms with E-state index in [1.165, 1.54) is 0 Å². The summed E-state index contributed by atoms with van der Waals surface area (Å²) in [4.78, 5) is 23.1. The van der Waals surface area contributed by atoms with Crippen LogP contribution in [0.5, 0.6) is 0 Å². The van der Waals surface area contributed by atoms with Gasteiger partial charge in [-0.05, 0) is 43.6 Å². The molecule has 2 saturated carbocycles. The molecule has 0 aromatic carbocycles. The lowest BCUT2D eigenvalue weighted by Crippen LogP contribution is -2.46. The third kappa shape index (κ3) is 3.26. The molecule has 2 rings (SSSR count). The van der Waals surface area contributed by atoms with Crippen LogP contribution in [-0.4, -0.2) is 30.1 Å². The second kappa shape index (κ2) is 5.90. The first-order chi connectivity index (χ1) is 9.06. The Morgan fingerprint density at radius 1 is 1.26 bits per heavy atom. The highest BCUT2D eigenvalue weighted by Crippen LogP contribution is 2.43. The van der Waals surface area contributed by atoms with Gasteiger partial charge in [-0.1, -0.05) is 12.8 Å². The van der Waals surface area contributed by atoms with Crippen molar-refractivity contribution in [3.8, 4) is 0 Å². The predicted octanol–water partition coefficient (Wildman–Crippen LogP) is 1.12. The van der Waals surface area contributed by atoms with Crippen molar-refractivity contribution in [1.82, 2.24) is 5.32 Å². The van der Waals surface area contributed by atoms with Gasteiger partial charge in [0.2, 0.25) is 5.91 Å². The molecule has 19 heavy (non-hydrogen) atoms. The Morgan fingerprint density at radius 2 is 2.00 bits per heavy atom. The van der Waals surface area contributed by atoms with Gasteiger partial charge in [0.15, 0.2) is 0 Å². The molecular formula is C14H24N2O3. The molecule has 2 aliphatic rings. The zero-order valence-electron chi connectivity index (χ0n) is 11.4. The molecule has 0 bridgehead atoms. The van der Waals surface area contributed by atoms with Crippen molar-refractivity contribution in [2.75, 3.05) is 13.1 Å². The smallest absolute Gasteiger partial charge is 0.303 e. The minimum absolute atomic E-state index is 0.0342. The monoisotopic (exact) mass is 268 g/mol. The predicted molar refractivity (Wildman–Crippen MR) is 71.4 cm³/mol. The number of carbonyl (C=O) groups is 2. The summed E-state index contributed by atoms with van der Waals surface area (Å²) in [6, 6.07) is 0. The Hall–Kier alpha value is -1.10. The van der Waals surface area contributed by atoms with E-state index in [4.69, 9.17) is 10.8 Å². The first-order valence-corrected chi connectivity index (χ1v) is 7.26. The number of aliphatic carboxylic acids is 1. The van der Waals surface area contributed by atoms with Crippen LogP contribution < -0.4 is 11.1 Å². The summed E-state index contributed by atoms with van der Waals surface area (Å²) < 4.78 is 0. The van der Waals surface area contributed by atoms with Gasteiger partial charge in [0, 0.05) is 12.5 Å². The summed E-state index contributed by atoms with van der Waals surface area (Å²) in [6.07, 6.45) is 6.07. The topological polar surface area (TPSA) is 92.4 Å². The minimum Gasteiger partial charge on any atom is -0.481 e. The van der Waals surface area contributed by atoms with Crippen LogP contribution in [0.1, 0.15) is 44.9 Å². The van der Waals surface area contributed by atoms with Crippen LogP contribution in [0.15, 0.2) is 0 Å². The quantitative estimate of drug-likeness (QED) is 0.673. The summed E-state index contributed by atoms with van der Waals surface area (Å²) in [7, 11) is 0. The molecule has 2 atom stereocenters. The van der Waals surface area contributed by atoms with Crippen LogP contribution in [0.3, 0.4) is 0 Å². The lowest BCUT2D eigenvalue weighted by Gasteiger charge is -2.41. The summed E-state index contributed by atoms with van der Waals surface area (Å²) in [5, 5.41) is 11.9. The minimum atomic E-state index is -0.769. The van der Waals surface area contributed by atoms with Crippen LogP contribution in [-0.2, 0) is 9.59 Å². The molecule has 2 fully saturated rings. The van der Waals surface area contributed by atoms with Gasteiger partial charge in [-0.25, -0.2) is 0 Å². The van der Waals surface area contributed by atoms with E-state index in [-0.39, 0.29) is 23.7 Å². The van der Waals surface area contributed by atoms with E-state index in [1.54, 1.807) is 0 Å². The Kier molecular flexibility index (Phi) is 4.45. The van der Waals surface area contributed by atoms with Crippen molar-refractivity contribution in [3.63, 3.8) is 0 Å². The number of nitrogens with two attached hydrogens (primary N) is 1. The number of carbonyl (C=O) groups excluding carboxylic acids is 1. The molecule has 2 aliphatic carbocycles. The first-order valence-electron chi connectivity index (χ1n) is 7.26. The highest BCUT2D eigenvalue weighted by molar-refractivity contribution is 5.79. The number of hydrogen-bond donors (Lipinski definition) is 3. The zero-order valence-corrected chi connectivity index (χ0v) is 11.4. The van der Waals surface area contributed by atoms with Gasteiger partial charge in [-0.15, -0.1) is 0 Å². The Morgan fingerprint density at radius 3 is 2.53 bits per heavy atom. The highest BCUT2D eigenvalue weighted by atomic mass is 16.4. The van der Waals surface area contributed by atoms with E-state index in [0.717, 1.165) is 38.5 Å². The third-order valence-electron chi connectivity index (χ3n) is 4.88. The number of hydrogen-bond acceptors (Lipinski definition) is 3. The van der Waals surface area contributed by atoms with E-state index in [2.05, 4.69) is 5.32 Å². The van der Waals surface area contributed by atoms with E-state index >= 15 is 0 Å². The molecule has 0 aliphatic heterocycles. The fourth-order valence-electron chi connectivity index (χ4n) is 3.48. The van der Waals surface area contributed by atoms with Crippen LogP contribution in [0, 0.1) is 17.3 Å². The lowest BCUT2D eigenvalue weighted by molar-refractivity contribution is -0.142. The van der Waals surface area contributed by atoms with Crippen LogP contribution in [0.4, 0.5) is 0 Å². The molecule has 0 radical (unpaired) electrons. The van der Waals surface area contributed by atoms with Gasteiger partial charge in [0.25, 0.3) is 0 Å². The summed E-state index contributed by atoms with van der Waals surface area (Å²) in [5.41, 5.74) is 5.49. The molecule has 0 aromatic heterocycles. The van der Waals surface area contributed by atoms with Crippen molar-refractivity contribution in [3.05, 3.63) is 0 Å². The van der Waals surface area contributed by atoms with Crippen molar-refractivity contribution in [2.45, 2.75) is 44.9 Å². The van der Waals surface area contributed by atoms with Gasteiger partial charge in [0.05, 0.1) is 6.42 Å². The molecule has 0 saturated heterocycles. The highest BCUT2D eigenvalue weighted by Gasteiger charge is 2.40. The Balaban J connectivity index is 1.84. The van der Waals surface area contributed by atoms with Crippen molar-refractivity contribution in [2.24, 2.45) is 23.0 Å². The van der Waals surface area contributed by atoms with Crippen molar-refractivity contribution < 1.29 is 14.7 Å². The van der Waals surface area contributed by atoms with Crippen LogP contribution >= 0.6 is 0 Å². The molecule has 0 aromatic rings. The van der Waals surface area contributed by atoms with Crippen LogP contribution in [0.25, 0.3) is 0 Å². The van der Waals surface area contributed by atoms with E-state index < -0.39 is 5.97 Å². The molecule has 1 amide bonds. The Labute approximate surface area is 113 Å². The van der Waals surface area contributed by atoms with Crippen molar-refractivity contribution >= 4 is 11.9 Å². The fourth-order valence-corrected chi connectivity index (χ4v) is 3.48. The number of carboxylic acids is 1.